The zero-order chi connectivity index (χ0) is 16.5. The lowest BCUT2D eigenvalue weighted by atomic mass is 10.2. The van der Waals surface area contributed by atoms with Gasteiger partial charge < -0.3 is 9.64 Å². The standard InChI is InChI=1S/C17H27ClN2O2/c1-5-9-20(10-6-2)17(21)13-19(3)12-14-11-15(18)7-8-16(14)22-4/h7-8,11H,5-6,9-10,12-13H2,1-4H3. The van der Waals surface area contributed by atoms with Crippen LogP contribution in [-0.4, -0.2) is 49.5 Å². The molecule has 1 aromatic carbocycles. The zero-order valence-electron chi connectivity index (χ0n) is 14.1. The molecule has 0 radical (unpaired) electrons. The zero-order valence-corrected chi connectivity index (χ0v) is 14.8. The lowest BCUT2D eigenvalue weighted by Gasteiger charge is -2.25. The third kappa shape index (κ3) is 5.85. The summed E-state index contributed by atoms with van der Waals surface area (Å²) in [6, 6.07) is 5.55. The molecule has 4 nitrogen and oxygen atoms in total. The monoisotopic (exact) mass is 326 g/mol. The predicted molar refractivity (Wildman–Crippen MR) is 91.5 cm³/mol. The Balaban J connectivity index is 2.67. The van der Waals surface area contributed by atoms with Crippen molar-refractivity contribution in [3.05, 3.63) is 28.8 Å². The Hall–Kier alpha value is -1.26. The number of carbonyl (C=O) groups excluding carboxylic acids is 1. The van der Waals surface area contributed by atoms with Gasteiger partial charge in [-0.2, -0.15) is 0 Å². The van der Waals surface area contributed by atoms with Crippen LogP contribution in [0, 0.1) is 0 Å². The maximum atomic E-state index is 12.4. The molecule has 5 heteroatoms. The van der Waals surface area contributed by atoms with Gasteiger partial charge in [0.15, 0.2) is 0 Å². The molecule has 1 amide bonds. The van der Waals surface area contributed by atoms with Gasteiger partial charge in [0.2, 0.25) is 5.91 Å². The molecule has 0 atom stereocenters. The number of rotatable bonds is 9. The molecule has 0 fully saturated rings. The molecule has 1 rings (SSSR count). The van der Waals surface area contributed by atoms with Gasteiger partial charge in [-0.1, -0.05) is 25.4 Å². The SMILES string of the molecule is CCCN(CCC)C(=O)CN(C)Cc1cc(Cl)ccc1OC. The Bertz CT molecular complexity index is 474. The van der Waals surface area contributed by atoms with Crippen molar-refractivity contribution in [1.29, 1.82) is 0 Å². The minimum atomic E-state index is 0.173. The minimum absolute atomic E-state index is 0.173. The van der Waals surface area contributed by atoms with Crippen LogP contribution in [0.5, 0.6) is 5.75 Å². The molecule has 0 aliphatic rings. The molecular formula is C17H27ClN2O2. The van der Waals surface area contributed by atoms with E-state index in [1.807, 2.05) is 29.0 Å². The summed E-state index contributed by atoms with van der Waals surface area (Å²) < 4.78 is 5.35. The first-order valence-corrected chi connectivity index (χ1v) is 8.18. The summed E-state index contributed by atoms with van der Waals surface area (Å²) in [6.07, 6.45) is 1.97. The predicted octanol–water partition coefficient (Wildman–Crippen LogP) is 3.43. The Morgan fingerprint density at radius 1 is 1.23 bits per heavy atom. The smallest absolute Gasteiger partial charge is 0.236 e. The first-order valence-electron chi connectivity index (χ1n) is 7.80. The second-order valence-electron chi connectivity index (χ2n) is 5.51. The summed E-state index contributed by atoms with van der Waals surface area (Å²) in [4.78, 5) is 16.3. The number of halogens is 1. The summed E-state index contributed by atoms with van der Waals surface area (Å²) in [6.45, 7) is 6.85. The van der Waals surface area contributed by atoms with Gasteiger partial charge in [0, 0.05) is 30.2 Å². The first-order chi connectivity index (χ1) is 10.5. The van der Waals surface area contributed by atoms with E-state index >= 15 is 0 Å². The molecule has 1 aromatic rings. The van der Waals surface area contributed by atoms with Crippen molar-refractivity contribution in [2.24, 2.45) is 0 Å². The number of likely N-dealkylation sites (N-methyl/N-ethyl adjacent to an activating group) is 1. The molecule has 124 valence electrons. The van der Waals surface area contributed by atoms with Crippen molar-refractivity contribution >= 4 is 17.5 Å². The molecule has 0 N–H and O–H groups in total. The molecule has 0 heterocycles. The van der Waals surface area contributed by atoms with E-state index in [-0.39, 0.29) is 5.91 Å². The lowest BCUT2D eigenvalue weighted by molar-refractivity contribution is -0.132. The second kappa shape index (κ2) is 9.70. The van der Waals surface area contributed by atoms with Crippen LogP contribution in [0.3, 0.4) is 0 Å². The average molecular weight is 327 g/mol. The van der Waals surface area contributed by atoms with E-state index in [0.717, 1.165) is 37.2 Å². The van der Waals surface area contributed by atoms with Crippen LogP contribution in [0.15, 0.2) is 18.2 Å². The first kappa shape index (κ1) is 18.8. The number of hydrogen-bond donors (Lipinski definition) is 0. The molecule has 0 unspecified atom stereocenters. The van der Waals surface area contributed by atoms with Crippen LogP contribution in [0.2, 0.25) is 5.02 Å². The quantitative estimate of drug-likeness (QED) is 0.697. The van der Waals surface area contributed by atoms with Crippen molar-refractivity contribution in [3.8, 4) is 5.75 Å². The minimum Gasteiger partial charge on any atom is -0.496 e. The third-order valence-corrected chi connectivity index (χ3v) is 3.66. The average Bonchev–Trinajstić information content (AvgIpc) is 2.47. The maximum Gasteiger partial charge on any atom is 0.236 e. The van der Waals surface area contributed by atoms with Gasteiger partial charge in [0.25, 0.3) is 0 Å². The topological polar surface area (TPSA) is 32.8 Å². The molecule has 0 spiro atoms. The van der Waals surface area contributed by atoms with Crippen molar-refractivity contribution in [1.82, 2.24) is 9.80 Å². The fourth-order valence-electron chi connectivity index (χ4n) is 2.45. The summed E-state index contributed by atoms with van der Waals surface area (Å²) in [5.74, 6) is 0.967. The Morgan fingerprint density at radius 2 is 1.86 bits per heavy atom. The molecule has 0 saturated carbocycles. The highest BCUT2D eigenvalue weighted by Crippen LogP contribution is 2.23. The van der Waals surface area contributed by atoms with Gasteiger partial charge in [0.1, 0.15) is 5.75 Å². The highest BCUT2D eigenvalue weighted by molar-refractivity contribution is 6.30. The number of benzene rings is 1. The Morgan fingerprint density at radius 3 is 2.41 bits per heavy atom. The number of carbonyl (C=O) groups is 1. The lowest BCUT2D eigenvalue weighted by Crippen LogP contribution is -2.39. The van der Waals surface area contributed by atoms with E-state index in [1.165, 1.54) is 0 Å². The summed E-state index contributed by atoms with van der Waals surface area (Å²) in [5.41, 5.74) is 0.989. The van der Waals surface area contributed by atoms with Crippen LogP contribution < -0.4 is 4.74 Å². The molecule has 0 aliphatic heterocycles. The fourth-order valence-corrected chi connectivity index (χ4v) is 2.64. The molecular weight excluding hydrogens is 300 g/mol. The molecule has 0 aliphatic carbocycles. The highest BCUT2D eigenvalue weighted by Gasteiger charge is 2.15. The number of methoxy groups -OCH3 is 1. The number of amides is 1. The van der Waals surface area contributed by atoms with Crippen molar-refractivity contribution in [2.75, 3.05) is 33.8 Å². The Labute approximate surface area is 139 Å². The van der Waals surface area contributed by atoms with Gasteiger partial charge in [-0.3, -0.25) is 9.69 Å². The number of nitrogens with zero attached hydrogens (tertiary/aromatic N) is 2. The molecule has 0 saturated heterocycles. The van der Waals surface area contributed by atoms with Gasteiger partial charge in [0.05, 0.1) is 13.7 Å². The van der Waals surface area contributed by atoms with E-state index in [0.29, 0.717) is 18.1 Å². The van der Waals surface area contributed by atoms with Crippen LogP contribution in [0.1, 0.15) is 32.3 Å². The molecule has 22 heavy (non-hydrogen) atoms. The van der Waals surface area contributed by atoms with Gasteiger partial charge in [-0.25, -0.2) is 0 Å². The van der Waals surface area contributed by atoms with E-state index in [1.54, 1.807) is 13.2 Å². The summed E-state index contributed by atoms with van der Waals surface area (Å²) in [5, 5.41) is 0.675. The summed E-state index contributed by atoms with van der Waals surface area (Å²) >= 11 is 6.05. The summed E-state index contributed by atoms with van der Waals surface area (Å²) in [7, 11) is 3.58. The third-order valence-electron chi connectivity index (χ3n) is 3.43. The molecule has 0 aromatic heterocycles. The fraction of sp³-hybridized carbons (Fsp3) is 0.588. The van der Waals surface area contributed by atoms with E-state index in [9.17, 15) is 4.79 Å². The van der Waals surface area contributed by atoms with Crippen molar-refractivity contribution in [3.63, 3.8) is 0 Å². The largest absolute Gasteiger partial charge is 0.496 e. The Kier molecular flexibility index (Phi) is 8.28. The normalized spacial score (nSPS) is 10.8. The number of hydrogen-bond acceptors (Lipinski definition) is 3. The van der Waals surface area contributed by atoms with E-state index in [2.05, 4.69) is 13.8 Å². The van der Waals surface area contributed by atoms with Crippen molar-refractivity contribution < 1.29 is 9.53 Å². The molecule has 0 bridgehead atoms. The van der Waals surface area contributed by atoms with Crippen LogP contribution >= 0.6 is 11.6 Å². The van der Waals surface area contributed by atoms with Crippen LogP contribution in [0.4, 0.5) is 0 Å². The van der Waals surface area contributed by atoms with Gasteiger partial charge >= 0.3 is 0 Å². The highest BCUT2D eigenvalue weighted by atomic mass is 35.5. The maximum absolute atomic E-state index is 12.4. The van der Waals surface area contributed by atoms with Crippen LogP contribution in [-0.2, 0) is 11.3 Å². The van der Waals surface area contributed by atoms with E-state index < -0.39 is 0 Å². The van der Waals surface area contributed by atoms with Crippen LogP contribution in [0.25, 0.3) is 0 Å². The van der Waals surface area contributed by atoms with Crippen molar-refractivity contribution in [2.45, 2.75) is 33.2 Å². The van der Waals surface area contributed by atoms with Gasteiger partial charge in [-0.05, 0) is 38.1 Å². The second-order valence-corrected chi connectivity index (χ2v) is 5.95. The number of ether oxygens (including phenoxy) is 1. The van der Waals surface area contributed by atoms with E-state index in [4.69, 9.17) is 16.3 Å². The van der Waals surface area contributed by atoms with Gasteiger partial charge in [-0.15, -0.1) is 0 Å².